The second kappa shape index (κ2) is 6.04. The molecule has 2 aromatic heterocycles. The summed E-state index contributed by atoms with van der Waals surface area (Å²) in [7, 11) is 3.73. The summed E-state index contributed by atoms with van der Waals surface area (Å²) in [6.45, 7) is 4.55. The third-order valence-corrected chi connectivity index (χ3v) is 4.34. The molecule has 8 nitrogen and oxygen atoms in total. The molecule has 0 radical (unpaired) electrons. The van der Waals surface area contributed by atoms with E-state index in [-0.39, 0.29) is 18.2 Å². The molecular weight excluding hydrogens is 296 g/mol. The number of nitrogens with zero attached hydrogens (tertiary/aromatic N) is 4. The molecule has 2 N–H and O–H groups in total. The van der Waals surface area contributed by atoms with Crippen molar-refractivity contribution in [2.75, 3.05) is 11.9 Å². The van der Waals surface area contributed by atoms with E-state index in [1.54, 1.807) is 10.9 Å². The molecule has 1 aliphatic heterocycles. The Balaban J connectivity index is 1.66. The molecule has 0 saturated carbocycles. The summed E-state index contributed by atoms with van der Waals surface area (Å²) in [5.74, 6) is 0.538. The van der Waals surface area contributed by atoms with Gasteiger partial charge in [0.15, 0.2) is 5.82 Å². The van der Waals surface area contributed by atoms with E-state index in [9.17, 15) is 4.79 Å². The normalized spacial score (nSPS) is 20.7. The summed E-state index contributed by atoms with van der Waals surface area (Å²) in [5.41, 5.74) is 3.04. The van der Waals surface area contributed by atoms with Crippen molar-refractivity contribution in [2.24, 2.45) is 14.1 Å². The van der Waals surface area contributed by atoms with Crippen molar-refractivity contribution in [3.63, 3.8) is 0 Å². The lowest BCUT2D eigenvalue weighted by Crippen LogP contribution is -2.39. The number of hydrogen-bond acceptors (Lipinski definition) is 4. The molecule has 23 heavy (non-hydrogen) atoms. The third-order valence-electron chi connectivity index (χ3n) is 4.34. The van der Waals surface area contributed by atoms with Gasteiger partial charge in [0.2, 0.25) is 0 Å². The van der Waals surface area contributed by atoms with Crippen LogP contribution in [0.3, 0.4) is 0 Å². The number of ether oxygens (including phenoxy) is 1. The monoisotopic (exact) mass is 318 g/mol. The van der Waals surface area contributed by atoms with Gasteiger partial charge in [-0.2, -0.15) is 10.2 Å². The number of aryl methyl sites for hydroxylation is 3. The van der Waals surface area contributed by atoms with Gasteiger partial charge in [-0.15, -0.1) is 0 Å². The van der Waals surface area contributed by atoms with Crippen LogP contribution in [0.5, 0.6) is 0 Å². The molecule has 8 heteroatoms. The minimum absolute atomic E-state index is 0.0808. The molecule has 124 valence electrons. The Hall–Kier alpha value is -2.35. The zero-order valence-corrected chi connectivity index (χ0v) is 13.8. The van der Waals surface area contributed by atoms with Crippen LogP contribution in [0.25, 0.3) is 0 Å². The number of hydrogen-bond donors (Lipinski definition) is 2. The zero-order valence-electron chi connectivity index (χ0n) is 13.8. The number of carbonyl (C=O) groups excluding carboxylic acids is 1. The van der Waals surface area contributed by atoms with Gasteiger partial charge in [0.25, 0.3) is 0 Å². The lowest BCUT2D eigenvalue weighted by molar-refractivity contribution is 0.0998. The van der Waals surface area contributed by atoms with E-state index >= 15 is 0 Å². The van der Waals surface area contributed by atoms with Gasteiger partial charge in [-0.1, -0.05) is 0 Å². The first-order valence-corrected chi connectivity index (χ1v) is 7.64. The second-order valence-corrected chi connectivity index (χ2v) is 5.89. The maximum absolute atomic E-state index is 12.2. The Bertz CT molecular complexity index is 700. The molecule has 0 aliphatic carbocycles. The van der Waals surface area contributed by atoms with Crippen molar-refractivity contribution in [1.82, 2.24) is 24.9 Å². The molecule has 0 bridgehead atoms. The minimum Gasteiger partial charge on any atom is -0.371 e. The van der Waals surface area contributed by atoms with Gasteiger partial charge in [-0.25, -0.2) is 4.79 Å². The van der Waals surface area contributed by atoms with Crippen molar-refractivity contribution < 1.29 is 9.53 Å². The highest BCUT2D eigenvalue weighted by atomic mass is 16.5. The Morgan fingerprint density at radius 1 is 1.35 bits per heavy atom. The fraction of sp³-hybridized carbons (Fsp3) is 0.533. The molecular formula is C15H22N6O2. The predicted molar refractivity (Wildman–Crippen MR) is 85.1 cm³/mol. The van der Waals surface area contributed by atoms with Gasteiger partial charge in [-0.3, -0.25) is 14.7 Å². The molecule has 1 fully saturated rings. The van der Waals surface area contributed by atoms with Crippen molar-refractivity contribution in [3.05, 3.63) is 29.2 Å². The average Bonchev–Trinajstić information content (AvgIpc) is 3.14. The lowest BCUT2D eigenvalue weighted by atomic mass is 10.0. The van der Waals surface area contributed by atoms with Gasteiger partial charge in [-0.05, 0) is 20.3 Å². The maximum atomic E-state index is 12.2. The van der Waals surface area contributed by atoms with E-state index < -0.39 is 0 Å². The highest BCUT2D eigenvalue weighted by Gasteiger charge is 2.33. The predicted octanol–water partition coefficient (Wildman–Crippen LogP) is 1.42. The molecule has 0 aromatic carbocycles. The zero-order chi connectivity index (χ0) is 16.6. The summed E-state index contributed by atoms with van der Waals surface area (Å²) in [6.07, 6.45) is 2.41. The van der Waals surface area contributed by atoms with Crippen molar-refractivity contribution >= 4 is 11.8 Å². The van der Waals surface area contributed by atoms with Gasteiger partial charge < -0.3 is 10.1 Å². The van der Waals surface area contributed by atoms with E-state index in [2.05, 4.69) is 20.8 Å². The van der Waals surface area contributed by atoms with Crippen LogP contribution in [0.15, 0.2) is 12.3 Å². The van der Waals surface area contributed by atoms with Gasteiger partial charge in [0, 0.05) is 43.7 Å². The Labute approximate surface area is 134 Å². The van der Waals surface area contributed by atoms with Crippen molar-refractivity contribution in [3.8, 4) is 0 Å². The Morgan fingerprint density at radius 2 is 2.13 bits per heavy atom. The van der Waals surface area contributed by atoms with Gasteiger partial charge in [0.1, 0.15) is 6.10 Å². The summed E-state index contributed by atoms with van der Waals surface area (Å²) in [5, 5.41) is 14.2. The molecule has 1 aliphatic rings. The summed E-state index contributed by atoms with van der Waals surface area (Å²) in [4.78, 5) is 12.2. The number of amides is 2. The maximum Gasteiger partial charge on any atom is 0.320 e. The quantitative estimate of drug-likeness (QED) is 0.896. The fourth-order valence-corrected chi connectivity index (χ4v) is 2.78. The first-order valence-electron chi connectivity index (χ1n) is 7.64. The number of nitrogens with one attached hydrogen (secondary N) is 2. The first kappa shape index (κ1) is 15.5. The molecule has 1 saturated heterocycles. The van der Waals surface area contributed by atoms with E-state index in [0.29, 0.717) is 12.4 Å². The molecule has 2 aromatic rings. The largest absolute Gasteiger partial charge is 0.371 e. The van der Waals surface area contributed by atoms with Crippen molar-refractivity contribution in [1.29, 1.82) is 0 Å². The molecule has 3 rings (SSSR count). The van der Waals surface area contributed by atoms with Crippen LogP contribution in [0.1, 0.15) is 29.5 Å². The standard InChI is InChI=1S/C15H22N6O2/c1-9-7-13(19-20(9)3)18-15(22)17-12-5-6-23-14(12)11-8-16-21(4)10(11)2/h7-8,12,14H,5-6H2,1-4H3,(H2,17,18,19,22)/t12-,14+/m0/s1. The molecule has 2 atom stereocenters. The molecule has 0 unspecified atom stereocenters. The van der Waals surface area contributed by atoms with Crippen LogP contribution in [-0.2, 0) is 18.8 Å². The van der Waals surface area contributed by atoms with Crippen LogP contribution in [0, 0.1) is 13.8 Å². The molecule has 3 heterocycles. The van der Waals surface area contributed by atoms with Gasteiger partial charge in [0.05, 0.1) is 12.2 Å². The smallest absolute Gasteiger partial charge is 0.320 e. The van der Waals surface area contributed by atoms with Crippen LogP contribution in [0.2, 0.25) is 0 Å². The van der Waals surface area contributed by atoms with Crippen LogP contribution in [-0.4, -0.2) is 38.2 Å². The number of aromatic nitrogens is 4. The second-order valence-electron chi connectivity index (χ2n) is 5.89. The average molecular weight is 318 g/mol. The fourth-order valence-electron chi connectivity index (χ4n) is 2.78. The topological polar surface area (TPSA) is 86.0 Å². The Morgan fingerprint density at radius 3 is 2.74 bits per heavy atom. The number of anilines is 1. The van der Waals surface area contributed by atoms with E-state index in [4.69, 9.17) is 4.74 Å². The third kappa shape index (κ3) is 3.07. The SMILES string of the molecule is Cc1cc(NC(=O)N[C@H]2CCO[C@@H]2c2cnn(C)c2C)nn1C. The van der Waals surface area contributed by atoms with Crippen LogP contribution >= 0.6 is 0 Å². The number of carbonyl (C=O) groups is 1. The summed E-state index contributed by atoms with van der Waals surface area (Å²) < 4.78 is 9.33. The van der Waals surface area contributed by atoms with Gasteiger partial charge >= 0.3 is 6.03 Å². The number of rotatable bonds is 3. The first-order chi connectivity index (χ1) is 11.0. The minimum atomic E-state index is -0.273. The van der Waals surface area contributed by atoms with E-state index in [1.165, 1.54) is 0 Å². The highest BCUT2D eigenvalue weighted by molar-refractivity contribution is 5.88. The van der Waals surface area contributed by atoms with Crippen LogP contribution < -0.4 is 10.6 Å². The lowest BCUT2D eigenvalue weighted by Gasteiger charge is -2.19. The van der Waals surface area contributed by atoms with E-state index in [0.717, 1.165) is 23.4 Å². The summed E-state index contributed by atoms with van der Waals surface area (Å²) in [6, 6.07) is 1.47. The van der Waals surface area contributed by atoms with Crippen molar-refractivity contribution in [2.45, 2.75) is 32.4 Å². The molecule has 0 spiro atoms. The molecule has 2 amide bonds. The van der Waals surface area contributed by atoms with E-state index in [1.807, 2.05) is 38.7 Å². The highest BCUT2D eigenvalue weighted by Crippen LogP contribution is 2.30. The number of urea groups is 1. The summed E-state index contributed by atoms with van der Waals surface area (Å²) >= 11 is 0. The Kier molecular flexibility index (Phi) is 4.08. The van der Waals surface area contributed by atoms with Crippen LogP contribution in [0.4, 0.5) is 10.6 Å².